The summed E-state index contributed by atoms with van der Waals surface area (Å²) >= 11 is 7.56. The Labute approximate surface area is 166 Å². The number of tetrazole rings is 1. The van der Waals surface area contributed by atoms with E-state index >= 15 is 0 Å². The van der Waals surface area contributed by atoms with Crippen LogP contribution >= 0.6 is 23.4 Å². The normalized spacial score (nSPS) is 10.6. The summed E-state index contributed by atoms with van der Waals surface area (Å²) in [5, 5.41) is 15.2. The van der Waals surface area contributed by atoms with Gasteiger partial charge in [0.15, 0.2) is 5.82 Å². The molecular weight excluding hydrogens is 386 g/mol. The fraction of sp³-hybridized carbons (Fsp3) is 0.222. The molecule has 0 unspecified atom stereocenters. The molecule has 0 fully saturated rings. The van der Waals surface area contributed by atoms with Crippen LogP contribution in [0.3, 0.4) is 0 Å². The summed E-state index contributed by atoms with van der Waals surface area (Å²) in [5.74, 6) is 2.45. The Bertz CT molecular complexity index is 904. The van der Waals surface area contributed by atoms with E-state index < -0.39 is 0 Å². The van der Waals surface area contributed by atoms with Crippen molar-refractivity contribution >= 4 is 35.0 Å². The number of aromatic nitrogens is 4. The summed E-state index contributed by atoms with van der Waals surface area (Å²) in [6.45, 7) is 0. The molecule has 0 spiro atoms. The van der Waals surface area contributed by atoms with Crippen molar-refractivity contribution in [2.75, 3.05) is 18.2 Å². The molecule has 1 N–H and O–H groups in total. The number of thioether (sulfide) groups is 1. The van der Waals surface area contributed by atoms with Crippen LogP contribution in [-0.2, 0) is 10.5 Å². The predicted molar refractivity (Wildman–Crippen MR) is 107 cm³/mol. The zero-order valence-corrected chi connectivity index (χ0v) is 16.2. The number of amides is 1. The molecule has 9 heteroatoms. The van der Waals surface area contributed by atoms with Crippen LogP contribution < -0.4 is 10.1 Å². The first kappa shape index (κ1) is 19.2. The van der Waals surface area contributed by atoms with E-state index in [-0.39, 0.29) is 5.91 Å². The standard InChI is InChI=1S/C18H18ClN5O2S/c1-26-16-8-7-13(19)11-15(16)20-18(25)9-10-27-12-17-21-22-23-24(17)14-5-3-2-4-6-14/h2-8,11H,9-10,12H2,1H3,(H,20,25). The van der Waals surface area contributed by atoms with Crippen LogP contribution in [0.1, 0.15) is 12.2 Å². The van der Waals surface area contributed by atoms with Crippen LogP contribution in [0.2, 0.25) is 5.02 Å². The molecule has 140 valence electrons. The number of para-hydroxylation sites is 1. The molecule has 0 aliphatic carbocycles. The zero-order chi connectivity index (χ0) is 19.1. The maximum atomic E-state index is 12.2. The lowest BCUT2D eigenvalue weighted by atomic mass is 10.3. The Morgan fingerprint density at radius 3 is 2.85 bits per heavy atom. The van der Waals surface area contributed by atoms with E-state index in [0.29, 0.717) is 34.4 Å². The molecule has 0 radical (unpaired) electrons. The zero-order valence-electron chi connectivity index (χ0n) is 14.6. The van der Waals surface area contributed by atoms with Gasteiger partial charge in [0.1, 0.15) is 5.75 Å². The van der Waals surface area contributed by atoms with Crippen LogP contribution in [-0.4, -0.2) is 39.0 Å². The SMILES string of the molecule is COc1ccc(Cl)cc1NC(=O)CCSCc1nnnn1-c1ccccc1. The smallest absolute Gasteiger partial charge is 0.225 e. The average Bonchev–Trinajstić information content (AvgIpc) is 3.15. The number of rotatable bonds is 8. The van der Waals surface area contributed by atoms with Crippen LogP contribution in [0.4, 0.5) is 5.69 Å². The molecule has 3 rings (SSSR count). The molecule has 27 heavy (non-hydrogen) atoms. The molecule has 0 aliphatic rings. The number of hydrogen-bond donors (Lipinski definition) is 1. The largest absolute Gasteiger partial charge is 0.495 e. The molecule has 0 bridgehead atoms. The van der Waals surface area contributed by atoms with E-state index in [4.69, 9.17) is 16.3 Å². The summed E-state index contributed by atoms with van der Waals surface area (Å²) in [6.07, 6.45) is 0.354. The van der Waals surface area contributed by atoms with Gasteiger partial charge in [0.25, 0.3) is 0 Å². The highest BCUT2D eigenvalue weighted by molar-refractivity contribution is 7.98. The molecule has 0 saturated carbocycles. The van der Waals surface area contributed by atoms with Gasteiger partial charge in [0.2, 0.25) is 5.91 Å². The summed E-state index contributed by atoms with van der Waals surface area (Å²) < 4.78 is 6.93. The van der Waals surface area contributed by atoms with Crippen molar-refractivity contribution in [2.24, 2.45) is 0 Å². The molecule has 1 amide bonds. The second-order valence-corrected chi connectivity index (χ2v) is 7.08. The van der Waals surface area contributed by atoms with Gasteiger partial charge in [0, 0.05) is 17.2 Å². The van der Waals surface area contributed by atoms with Crippen molar-refractivity contribution in [1.82, 2.24) is 20.2 Å². The van der Waals surface area contributed by atoms with E-state index in [1.165, 1.54) is 0 Å². The topological polar surface area (TPSA) is 81.9 Å². The maximum absolute atomic E-state index is 12.2. The number of hydrogen-bond acceptors (Lipinski definition) is 6. The van der Waals surface area contributed by atoms with E-state index in [1.807, 2.05) is 30.3 Å². The third kappa shape index (κ3) is 5.21. The van der Waals surface area contributed by atoms with Crippen molar-refractivity contribution in [3.63, 3.8) is 0 Å². The summed E-state index contributed by atoms with van der Waals surface area (Å²) in [5.41, 5.74) is 1.47. The molecule has 1 heterocycles. The van der Waals surface area contributed by atoms with Crippen molar-refractivity contribution in [1.29, 1.82) is 0 Å². The minimum Gasteiger partial charge on any atom is -0.495 e. The molecule has 0 aliphatic heterocycles. The average molecular weight is 404 g/mol. The van der Waals surface area contributed by atoms with Crippen LogP contribution in [0.25, 0.3) is 5.69 Å². The number of ether oxygens (including phenoxy) is 1. The first-order chi connectivity index (χ1) is 13.2. The molecule has 2 aromatic carbocycles. The van der Waals surface area contributed by atoms with E-state index in [0.717, 1.165) is 11.5 Å². The van der Waals surface area contributed by atoms with E-state index in [1.54, 1.807) is 41.8 Å². The van der Waals surface area contributed by atoms with Gasteiger partial charge >= 0.3 is 0 Å². The highest BCUT2D eigenvalue weighted by Gasteiger charge is 2.10. The summed E-state index contributed by atoms with van der Waals surface area (Å²) in [7, 11) is 1.55. The molecule has 1 aromatic heterocycles. The van der Waals surface area contributed by atoms with Gasteiger partial charge in [-0.2, -0.15) is 16.4 Å². The van der Waals surface area contributed by atoms with Gasteiger partial charge in [-0.25, -0.2) is 0 Å². The quantitative estimate of drug-likeness (QED) is 0.579. The Hall–Kier alpha value is -2.58. The van der Waals surface area contributed by atoms with Crippen molar-refractivity contribution in [3.05, 3.63) is 59.4 Å². The van der Waals surface area contributed by atoms with Gasteiger partial charge in [0.05, 0.1) is 24.2 Å². The van der Waals surface area contributed by atoms with Gasteiger partial charge < -0.3 is 10.1 Å². The monoisotopic (exact) mass is 403 g/mol. The van der Waals surface area contributed by atoms with Crippen LogP contribution in [0.5, 0.6) is 5.75 Å². The number of nitrogens with zero attached hydrogens (tertiary/aromatic N) is 4. The summed E-state index contributed by atoms with van der Waals surface area (Å²) in [6, 6.07) is 14.8. The number of carbonyl (C=O) groups is 1. The third-order valence-corrected chi connectivity index (χ3v) is 4.87. The number of nitrogens with one attached hydrogen (secondary N) is 1. The second kappa shape index (κ2) is 9.38. The van der Waals surface area contributed by atoms with Crippen molar-refractivity contribution in [2.45, 2.75) is 12.2 Å². The predicted octanol–water partition coefficient (Wildman–Crippen LogP) is 3.59. The fourth-order valence-corrected chi connectivity index (χ4v) is 3.39. The molecular formula is C18H18ClN5O2S. The Morgan fingerprint density at radius 2 is 2.07 bits per heavy atom. The van der Waals surface area contributed by atoms with Crippen molar-refractivity contribution < 1.29 is 9.53 Å². The minimum absolute atomic E-state index is 0.106. The highest BCUT2D eigenvalue weighted by atomic mass is 35.5. The Kier molecular flexibility index (Phi) is 6.67. The van der Waals surface area contributed by atoms with Gasteiger partial charge in [-0.3, -0.25) is 4.79 Å². The van der Waals surface area contributed by atoms with Gasteiger partial charge in [-0.05, 0) is 40.8 Å². The van der Waals surface area contributed by atoms with E-state index in [9.17, 15) is 4.79 Å². The van der Waals surface area contributed by atoms with E-state index in [2.05, 4.69) is 20.8 Å². The lowest BCUT2D eigenvalue weighted by Gasteiger charge is -2.10. The maximum Gasteiger partial charge on any atom is 0.225 e. The van der Waals surface area contributed by atoms with Gasteiger partial charge in [-0.15, -0.1) is 5.10 Å². The Balaban J connectivity index is 1.49. The number of carbonyl (C=O) groups excluding carboxylic acids is 1. The number of halogens is 1. The number of methoxy groups -OCH3 is 1. The lowest BCUT2D eigenvalue weighted by Crippen LogP contribution is -2.13. The lowest BCUT2D eigenvalue weighted by molar-refractivity contribution is -0.115. The molecule has 3 aromatic rings. The molecule has 7 nitrogen and oxygen atoms in total. The third-order valence-electron chi connectivity index (χ3n) is 3.68. The number of benzene rings is 2. The first-order valence-electron chi connectivity index (χ1n) is 8.21. The summed E-state index contributed by atoms with van der Waals surface area (Å²) in [4.78, 5) is 12.2. The number of anilines is 1. The van der Waals surface area contributed by atoms with Crippen LogP contribution in [0, 0.1) is 0 Å². The second-order valence-electron chi connectivity index (χ2n) is 5.54. The minimum atomic E-state index is -0.106. The van der Waals surface area contributed by atoms with Crippen LogP contribution in [0.15, 0.2) is 48.5 Å². The fourth-order valence-electron chi connectivity index (χ4n) is 2.38. The first-order valence-corrected chi connectivity index (χ1v) is 9.74. The van der Waals surface area contributed by atoms with Crippen molar-refractivity contribution in [3.8, 4) is 11.4 Å². The Morgan fingerprint density at radius 1 is 1.26 bits per heavy atom. The van der Waals surface area contributed by atoms with Gasteiger partial charge in [-0.1, -0.05) is 29.8 Å². The molecule has 0 atom stereocenters. The molecule has 0 saturated heterocycles. The highest BCUT2D eigenvalue weighted by Crippen LogP contribution is 2.27.